The van der Waals surface area contributed by atoms with Gasteiger partial charge < -0.3 is 4.90 Å². The molecule has 0 aromatic heterocycles. The molecule has 0 amide bonds. The van der Waals surface area contributed by atoms with Crippen LogP contribution in [0.3, 0.4) is 0 Å². The summed E-state index contributed by atoms with van der Waals surface area (Å²) < 4.78 is 0. The van der Waals surface area contributed by atoms with Crippen LogP contribution in [-0.4, -0.2) is 0 Å². The van der Waals surface area contributed by atoms with Gasteiger partial charge in [-0.15, -0.1) is 0 Å². The largest absolute Gasteiger partial charge is 0.310 e. The van der Waals surface area contributed by atoms with Gasteiger partial charge in [-0.2, -0.15) is 0 Å². The van der Waals surface area contributed by atoms with E-state index >= 15 is 0 Å². The normalized spacial score (nSPS) is 15.8. The Morgan fingerprint density at radius 1 is 0.280 bits per heavy atom. The predicted octanol–water partition coefficient (Wildman–Crippen LogP) is 19.6. The fourth-order valence-electron chi connectivity index (χ4n) is 14.8. The van der Waals surface area contributed by atoms with Crippen molar-refractivity contribution in [3.63, 3.8) is 0 Å². The fraction of sp³-hybridized carbons (Fsp3) is 0.0617. The number of anilines is 3. The average molecular weight is 1050 g/mol. The second-order valence-electron chi connectivity index (χ2n) is 22.2. The van der Waals surface area contributed by atoms with Crippen molar-refractivity contribution in [3.8, 4) is 0 Å². The van der Waals surface area contributed by atoms with E-state index in [1.807, 2.05) is 0 Å². The van der Waals surface area contributed by atoms with Crippen LogP contribution in [0.5, 0.6) is 0 Å². The van der Waals surface area contributed by atoms with Crippen LogP contribution in [0.4, 0.5) is 17.1 Å². The molecule has 3 aliphatic rings. The Balaban J connectivity index is 1.02. The zero-order valence-corrected chi connectivity index (χ0v) is 45.6. The number of rotatable bonds is 12. The summed E-state index contributed by atoms with van der Waals surface area (Å²) in [6.45, 7) is 0. The van der Waals surface area contributed by atoms with Crippen LogP contribution in [0.1, 0.15) is 89.4 Å². The highest BCUT2D eigenvalue weighted by Gasteiger charge is 2.51. The maximum absolute atomic E-state index is 2.57. The van der Waals surface area contributed by atoms with Gasteiger partial charge in [0, 0.05) is 23.0 Å². The van der Waals surface area contributed by atoms with Gasteiger partial charge in [0.1, 0.15) is 0 Å². The molecule has 12 aromatic rings. The molecule has 12 aromatic carbocycles. The molecule has 1 nitrogen and oxygen atoms in total. The van der Waals surface area contributed by atoms with E-state index in [9.17, 15) is 0 Å². The van der Waals surface area contributed by atoms with E-state index < -0.39 is 16.2 Å². The van der Waals surface area contributed by atoms with Gasteiger partial charge in [0.2, 0.25) is 0 Å². The summed E-state index contributed by atoms with van der Waals surface area (Å²) in [6, 6.07) is 123. The lowest BCUT2D eigenvalue weighted by Gasteiger charge is -2.39. The van der Waals surface area contributed by atoms with Crippen molar-refractivity contribution in [2.24, 2.45) is 0 Å². The molecule has 1 heteroatoms. The first-order valence-electron chi connectivity index (χ1n) is 28.8. The van der Waals surface area contributed by atoms with E-state index in [2.05, 4.69) is 345 Å². The second-order valence-corrected chi connectivity index (χ2v) is 22.2. The predicted molar refractivity (Wildman–Crippen MR) is 341 cm³/mol. The van der Waals surface area contributed by atoms with E-state index in [1.165, 1.54) is 94.6 Å². The summed E-state index contributed by atoms with van der Waals surface area (Å²) >= 11 is 0. The topological polar surface area (TPSA) is 3.24 Å². The highest BCUT2D eigenvalue weighted by molar-refractivity contribution is 6.02. The van der Waals surface area contributed by atoms with Crippen molar-refractivity contribution in [2.45, 2.75) is 28.6 Å². The molecule has 0 spiro atoms. The summed E-state index contributed by atoms with van der Waals surface area (Å²) in [4.78, 5) is 2.57. The number of fused-ring (bicyclic) bond motifs is 3. The molecule has 0 radical (unpaired) electrons. The summed E-state index contributed by atoms with van der Waals surface area (Å²) in [5, 5.41) is 0. The minimum atomic E-state index is -0.639. The van der Waals surface area contributed by atoms with E-state index in [0.29, 0.717) is 0 Å². The molecule has 0 N–H and O–H groups in total. The summed E-state index contributed by atoms with van der Waals surface area (Å²) in [5.74, 6) is 0.136. The van der Waals surface area contributed by atoms with Crippen LogP contribution in [0.2, 0.25) is 0 Å². The Labute approximate surface area is 482 Å². The molecular formula is C81H59N. The zero-order chi connectivity index (χ0) is 54.5. The molecule has 0 aliphatic heterocycles. The van der Waals surface area contributed by atoms with Crippen LogP contribution < -0.4 is 4.90 Å². The molecule has 15 rings (SSSR count). The summed E-state index contributed by atoms with van der Waals surface area (Å²) in [5.41, 5.74) is 22.8. The van der Waals surface area contributed by atoms with Crippen molar-refractivity contribution in [2.75, 3.05) is 4.90 Å². The van der Waals surface area contributed by atoms with Gasteiger partial charge in [-0.1, -0.05) is 291 Å². The van der Waals surface area contributed by atoms with Crippen LogP contribution in [0.25, 0.3) is 23.3 Å². The van der Waals surface area contributed by atoms with Crippen LogP contribution >= 0.6 is 0 Å². The lowest BCUT2D eigenvalue weighted by molar-refractivity contribution is 0.520. The fourth-order valence-corrected chi connectivity index (χ4v) is 14.8. The van der Waals surface area contributed by atoms with Crippen molar-refractivity contribution in [1.82, 2.24) is 0 Å². The molecule has 388 valence electrons. The number of benzene rings is 12. The van der Waals surface area contributed by atoms with Gasteiger partial charge >= 0.3 is 0 Å². The second kappa shape index (κ2) is 20.2. The van der Waals surface area contributed by atoms with E-state index in [1.54, 1.807) is 0 Å². The molecule has 0 saturated heterocycles. The third-order valence-electron chi connectivity index (χ3n) is 18.2. The van der Waals surface area contributed by atoms with Crippen molar-refractivity contribution in [3.05, 3.63) is 411 Å². The van der Waals surface area contributed by atoms with Crippen molar-refractivity contribution in [1.29, 1.82) is 0 Å². The lowest BCUT2D eigenvalue weighted by Crippen LogP contribution is -2.33. The Hall–Kier alpha value is -10.1. The smallest absolute Gasteiger partial charge is 0.0714 e. The standard InChI is InChI=1S/C81H59N/c1-10-28-58(29-11-1)73-52-61-46-49-70(55-76(61)79(73,64-34-16-4-17-35-64)65-36-18-5-19-37-65)82(71-50-47-62-53-74(59-30-12-2-13-31-59)80(77(62)56-71,66-38-20-6-21-39-66)67-40-22-7-23-41-67)72-51-48-63-54-75(60-32-14-3-15-33-60)81(78(63)57-72,68-42-24-8-25-43-68)69-44-26-9-27-45-69/h1-53,55-57,75H,54H2. The lowest BCUT2D eigenvalue weighted by atomic mass is 9.63. The Morgan fingerprint density at radius 2 is 0.585 bits per heavy atom. The van der Waals surface area contributed by atoms with Gasteiger partial charge in [-0.25, -0.2) is 0 Å². The minimum absolute atomic E-state index is 0.136. The zero-order valence-electron chi connectivity index (χ0n) is 45.6. The molecule has 0 bridgehead atoms. The van der Waals surface area contributed by atoms with Gasteiger partial charge in [0.25, 0.3) is 0 Å². The molecule has 82 heavy (non-hydrogen) atoms. The van der Waals surface area contributed by atoms with Gasteiger partial charge in [0.05, 0.1) is 16.2 Å². The Kier molecular flexibility index (Phi) is 12.1. The van der Waals surface area contributed by atoms with Crippen LogP contribution in [0, 0.1) is 0 Å². The maximum atomic E-state index is 2.57. The highest BCUT2D eigenvalue weighted by Crippen LogP contribution is 2.61. The summed E-state index contributed by atoms with van der Waals surface area (Å²) in [7, 11) is 0. The quantitative estimate of drug-likeness (QED) is 0.118. The molecule has 0 fully saturated rings. The Bertz CT molecular complexity index is 3980. The average Bonchev–Trinajstić information content (AvgIpc) is 3.97. The monoisotopic (exact) mass is 1050 g/mol. The van der Waals surface area contributed by atoms with Crippen LogP contribution in [0.15, 0.2) is 328 Å². The van der Waals surface area contributed by atoms with Gasteiger partial charge in [-0.05, 0) is 150 Å². The number of nitrogens with zero attached hydrogens (tertiary/aromatic N) is 1. The molecule has 0 saturated carbocycles. The van der Waals surface area contributed by atoms with E-state index in [0.717, 1.165) is 23.5 Å². The molecule has 1 unspecified atom stereocenters. The first-order valence-corrected chi connectivity index (χ1v) is 28.8. The minimum Gasteiger partial charge on any atom is -0.310 e. The van der Waals surface area contributed by atoms with Crippen molar-refractivity contribution >= 4 is 40.4 Å². The van der Waals surface area contributed by atoms with E-state index in [-0.39, 0.29) is 5.92 Å². The third kappa shape index (κ3) is 7.61. The highest BCUT2D eigenvalue weighted by atomic mass is 15.1. The number of hydrogen-bond donors (Lipinski definition) is 0. The van der Waals surface area contributed by atoms with E-state index in [4.69, 9.17) is 0 Å². The molecular weight excluding hydrogens is 987 g/mol. The molecule has 0 heterocycles. The number of hydrogen-bond acceptors (Lipinski definition) is 1. The molecule has 1 atom stereocenters. The third-order valence-corrected chi connectivity index (χ3v) is 18.2. The first-order chi connectivity index (χ1) is 40.7. The Morgan fingerprint density at radius 3 is 0.951 bits per heavy atom. The summed E-state index contributed by atoms with van der Waals surface area (Å²) in [6.07, 6.45) is 5.80. The number of allylic oxidation sites excluding steroid dienone is 2. The van der Waals surface area contributed by atoms with Gasteiger partial charge in [0.15, 0.2) is 0 Å². The first kappa shape index (κ1) is 49.0. The molecule has 3 aliphatic carbocycles. The van der Waals surface area contributed by atoms with Crippen LogP contribution in [-0.2, 0) is 22.7 Å². The SMILES string of the molecule is C1=C(c2ccccc2)C(c2ccccc2)(c2ccccc2)c2cc(N(c3ccc4c(c3)C(c3ccccc3)(c3ccccc3)C(c3ccccc3)=C4)c3ccc4c(c3)C(c3ccccc3)(c3ccccc3)C(c3ccccc3)C4)ccc21. The van der Waals surface area contributed by atoms with Crippen molar-refractivity contribution < 1.29 is 0 Å². The maximum Gasteiger partial charge on any atom is 0.0714 e. The van der Waals surface area contributed by atoms with Gasteiger partial charge in [-0.3, -0.25) is 0 Å².